The lowest BCUT2D eigenvalue weighted by molar-refractivity contribution is -0.143. The van der Waals surface area contributed by atoms with Gasteiger partial charge in [0.2, 0.25) is 0 Å². The number of carboxylic acids is 1. The third-order valence-electron chi connectivity index (χ3n) is 2.94. The number of carbonyl (C=O) groups is 2. The highest BCUT2D eigenvalue weighted by atomic mass is 35.5. The van der Waals surface area contributed by atoms with Crippen molar-refractivity contribution in [2.75, 3.05) is 0 Å². The third kappa shape index (κ3) is 6.04. The van der Waals surface area contributed by atoms with Crippen molar-refractivity contribution in [1.82, 2.24) is 5.32 Å². The van der Waals surface area contributed by atoms with Gasteiger partial charge in [0.05, 0.1) is 0 Å². The molecule has 6 heteroatoms. The minimum atomic E-state index is -1.04. The van der Waals surface area contributed by atoms with Crippen LogP contribution in [0.25, 0.3) is 0 Å². The van der Waals surface area contributed by atoms with Crippen LogP contribution in [0.5, 0.6) is 5.75 Å². The summed E-state index contributed by atoms with van der Waals surface area (Å²) < 4.78 is 5.45. The second kappa shape index (κ2) is 8.52. The molecule has 2 N–H and O–H groups in total. The van der Waals surface area contributed by atoms with Gasteiger partial charge in [-0.05, 0) is 31.5 Å². The molecule has 0 spiro atoms. The smallest absolute Gasteiger partial charge is 0.326 e. The fourth-order valence-electron chi connectivity index (χ4n) is 1.75. The maximum absolute atomic E-state index is 12.0. The molecule has 2 atom stereocenters. The van der Waals surface area contributed by atoms with E-state index in [0.717, 1.165) is 12.8 Å². The summed E-state index contributed by atoms with van der Waals surface area (Å²) in [6.45, 7) is 3.53. The number of halogens is 1. The van der Waals surface area contributed by atoms with Gasteiger partial charge in [-0.3, -0.25) is 4.79 Å². The molecule has 2 unspecified atom stereocenters. The van der Waals surface area contributed by atoms with E-state index >= 15 is 0 Å². The van der Waals surface area contributed by atoms with Gasteiger partial charge in [-0.1, -0.05) is 37.4 Å². The van der Waals surface area contributed by atoms with Crippen LogP contribution in [0.2, 0.25) is 5.02 Å². The van der Waals surface area contributed by atoms with Crippen LogP contribution in [0.15, 0.2) is 24.3 Å². The Morgan fingerprint density at radius 1 is 1.43 bits per heavy atom. The van der Waals surface area contributed by atoms with Crippen LogP contribution in [0, 0.1) is 0 Å². The van der Waals surface area contributed by atoms with Gasteiger partial charge in [0.15, 0.2) is 6.10 Å². The number of nitrogens with one attached hydrogen (secondary N) is 1. The molecule has 1 rings (SSSR count). The summed E-state index contributed by atoms with van der Waals surface area (Å²) in [5, 5.41) is 12.1. The van der Waals surface area contributed by atoms with Crippen molar-refractivity contribution in [3.8, 4) is 5.75 Å². The first kappa shape index (κ1) is 17.3. The molecule has 0 fully saturated rings. The van der Waals surface area contributed by atoms with E-state index in [4.69, 9.17) is 21.4 Å². The van der Waals surface area contributed by atoms with Gasteiger partial charge in [0.25, 0.3) is 5.91 Å². The molecule has 0 saturated heterocycles. The molecule has 0 aliphatic rings. The van der Waals surface area contributed by atoms with Crippen molar-refractivity contribution in [2.45, 2.75) is 45.3 Å². The molecule has 1 amide bonds. The van der Waals surface area contributed by atoms with E-state index in [9.17, 15) is 9.59 Å². The van der Waals surface area contributed by atoms with Gasteiger partial charge in [-0.2, -0.15) is 0 Å². The molecule has 0 aliphatic carbocycles. The van der Waals surface area contributed by atoms with Crippen LogP contribution in [0.3, 0.4) is 0 Å². The zero-order valence-corrected chi connectivity index (χ0v) is 12.9. The summed E-state index contributed by atoms with van der Waals surface area (Å²) in [6.07, 6.45) is 1.21. The SMILES string of the molecule is CCCCC(NC(=O)C(C)Oc1cccc(Cl)c1)C(=O)O. The normalized spacial score (nSPS) is 13.3. The number of carboxylic acid groups (broad SMARTS) is 1. The van der Waals surface area contributed by atoms with Gasteiger partial charge in [0.1, 0.15) is 11.8 Å². The second-order valence-electron chi connectivity index (χ2n) is 4.76. The van der Waals surface area contributed by atoms with Crippen molar-refractivity contribution < 1.29 is 19.4 Å². The van der Waals surface area contributed by atoms with Crippen LogP contribution in [0.4, 0.5) is 0 Å². The van der Waals surface area contributed by atoms with E-state index < -0.39 is 24.0 Å². The highest BCUT2D eigenvalue weighted by molar-refractivity contribution is 6.30. The van der Waals surface area contributed by atoms with Gasteiger partial charge >= 0.3 is 5.97 Å². The molecule has 0 aromatic heterocycles. The number of hydrogen-bond acceptors (Lipinski definition) is 3. The molecule has 116 valence electrons. The minimum absolute atomic E-state index is 0.404. The summed E-state index contributed by atoms with van der Waals surface area (Å²) in [7, 11) is 0. The molecule has 0 heterocycles. The van der Waals surface area contributed by atoms with E-state index in [1.165, 1.54) is 0 Å². The third-order valence-corrected chi connectivity index (χ3v) is 3.17. The summed E-state index contributed by atoms with van der Waals surface area (Å²) >= 11 is 5.83. The summed E-state index contributed by atoms with van der Waals surface area (Å²) in [5.74, 6) is -1.03. The number of carbonyl (C=O) groups excluding carboxylic acids is 1. The predicted molar refractivity (Wildman–Crippen MR) is 80.6 cm³/mol. The van der Waals surface area contributed by atoms with Crippen molar-refractivity contribution in [3.05, 3.63) is 29.3 Å². The van der Waals surface area contributed by atoms with Crippen LogP contribution < -0.4 is 10.1 Å². The van der Waals surface area contributed by atoms with E-state index in [1.807, 2.05) is 6.92 Å². The topological polar surface area (TPSA) is 75.6 Å². The molecule has 0 saturated carbocycles. The van der Waals surface area contributed by atoms with Crippen molar-refractivity contribution >= 4 is 23.5 Å². The average Bonchev–Trinajstić information content (AvgIpc) is 2.42. The fraction of sp³-hybridized carbons (Fsp3) is 0.467. The largest absolute Gasteiger partial charge is 0.481 e. The molecule has 0 bridgehead atoms. The first-order valence-corrected chi connectivity index (χ1v) is 7.27. The first-order valence-electron chi connectivity index (χ1n) is 6.89. The van der Waals surface area contributed by atoms with Gasteiger partial charge in [0, 0.05) is 5.02 Å². The lowest BCUT2D eigenvalue weighted by Gasteiger charge is -2.18. The number of benzene rings is 1. The Morgan fingerprint density at radius 3 is 2.71 bits per heavy atom. The molecular formula is C15H20ClNO4. The van der Waals surface area contributed by atoms with E-state index in [0.29, 0.717) is 17.2 Å². The molecule has 0 radical (unpaired) electrons. The molecule has 21 heavy (non-hydrogen) atoms. The van der Waals surface area contributed by atoms with Gasteiger partial charge in [-0.15, -0.1) is 0 Å². The fourth-order valence-corrected chi connectivity index (χ4v) is 1.93. The molecule has 1 aromatic rings. The van der Waals surface area contributed by atoms with Crippen molar-refractivity contribution in [1.29, 1.82) is 0 Å². The zero-order valence-electron chi connectivity index (χ0n) is 12.1. The lowest BCUT2D eigenvalue weighted by Crippen LogP contribution is -2.46. The molecule has 0 aliphatic heterocycles. The zero-order chi connectivity index (χ0) is 15.8. The second-order valence-corrected chi connectivity index (χ2v) is 5.20. The summed E-state index contributed by atoms with van der Waals surface area (Å²) in [4.78, 5) is 23.1. The van der Waals surface area contributed by atoms with Crippen LogP contribution >= 0.6 is 11.6 Å². The van der Waals surface area contributed by atoms with E-state index in [1.54, 1.807) is 31.2 Å². The quantitative estimate of drug-likeness (QED) is 0.774. The number of ether oxygens (including phenoxy) is 1. The first-order chi connectivity index (χ1) is 9.93. The Kier molecular flexibility index (Phi) is 7.02. The Balaban J connectivity index is 2.58. The molecule has 5 nitrogen and oxygen atoms in total. The highest BCUT2D eigenvalue weighted by Crippen LogP contribution is 2.18. The van der Waals surface area contributed by atoms with Crippen LogP contribution in [0.1, 0.15) is 33.1 Å². The molecular weight excluding hydrogens is 294 g/mol. The summed E-state index contributed by atoms with van der Waals surface area (Å²) in [5.41, 5.74) is 0. The Bertz CT molecular complexity index is 492. The highest BCUT2D eigenvalue weighted by Gasteiger charge is 2.23. The average molecular weight is 314 g/mol. The number of rotatable bonds is 8. The number of hydrogen-bond donors (Lipinski definition) is 2. The maximum atomic E-state index is 12.0. The number of aliphatic carboxylic acids is 1. The Labute approximate surface area is 129 Å². The van der Waals surface area contributed by atoms with Gasteiger partial charge in [-0.25, -0.2) is 4.79 Å². The maximum Gasteiger partial charge on any atom is 0.326 e. The lowest BCUT2D eigenvalue weighted by atomic mass is 10.1. The predicted octanol–water partition coefficient (Wildman–Crippen LogP) is 2.87. The Morgan fingerprint density at radius 2 is 2.14 bits per heavy atom. The summed E-state index contributed by atoms with van der Waals surface area (Å²) in [6, 6.07) is 5.80. The van der Waals surface area contributed by atoms with Crippen LogP contribution in [-0.2, 0) is 9.59 Å². The number of unbranched alkanes of at least 4 members (excludes halogenated alkanes) is 1. The van der Waals surface area contributed by atoms with Crippen molar-refractivity contribution in [2.24, 2.45) is 0 Å². The van der Waals surface area contributed by atoms with Crippen LogP contribution in [-0.4, -0.2) is 29.1 Å². The van der Waals surface area contributed by atoms with E-state index in [-0.39, 0.29) is 0 Å². The molecule has 1 aromatic carbocycles. The van der Waals surface area contributed by atoms with Crippen molar-refractivity contribution in [3.63, 3.8) is 0 Å². The standard InChI is InChI=1S/C15H20ClNO4/c1-3-4-8-13(15(19)20)17-14(18)10(2)21-12-7-5-6-11(16)9-12/h5-7,9-10,13H,3-4,8H2,1-2H3,(H,17,18)(H,19,20). The number of amides is 1. The van der Waals surface area contributed by atoms with E-state index in [2.05, 4.69) is 5.32 Å². The Hall–Kier alpha value is -1.75. The minimum Gasteiger partial charge on any atom is -0.481 e. The van der Waals surface area contributed by atoms with Gasteiger partial charge < -0.3 is 15.2 Å². The monoisotopic (exact) mass is 313 g/mol.